The van der Waals surface area contributed by atoms with E-state index in [2.05, 4.69) is 41.3 Å². The number of hydrogen-bond acceptors (Lipinski definition) is 4. The first-order valence-electron chi connectivity index (χ1n) is 6.19. The second kappa shape index (κ2) is 7.13. The van der Waals surface area contributed by atoms with Crippen molar-refractivity contribution >= 4 is 11.9 Å². The lowest BCUT2D eigenvalue weighted by molar-refractivity contribution is -0.122. The zero-order valence-electron chi connectivity index (χ0n) is 11.0. The van der Waals surface area contributed by atoms with Crippen LogP contribution < -0.4 is 16.0 Å². The smallest absolute Gasteiger partial charge is 0.321 e. The van der Waals surface area contributed by atoms with Gasteiger partial charge in [0, 0.05) is 31.7 Å². The number of imide groups is 1. The van der Waals surface area contributed by atoms with Gasteiger partial charge in [0.05, 0.1) is 6.54 Å². The molecule has 0 radical (unpaired) electrons. The Morgan fingerprint density at radius 3 is 2.89 bits per heavy atom. The topological polar surface area (TPSA) is 73.5 Å². The standard InChI is InChI=1S/C12H22N4O2/c1-4-5-13-12(18)15-11(17)8-16-7-9(2)14-6-10(16)3/h4,9-10,14H,1,5-8H2,2-3H3,(H2,13,15,17,18). The first-order valence-corrected chi connectivity index (χ1v) is 6.19. The highest BCUT2D eigenvalue weighted by atomic mass is 16.2. The number of nitrogens with zero attached hydrogens (tertiary/aromatic N) is 1. The molecule has 102 valence electrons. The molecule has 0 spiro atoms. The highest BCUT2D eigenvalue weighted by molar-refractivity contribution is 5.95. The maximum atomic E-state index is 11.7. The van der Waals surface area contributed by atoms with Gasteiger partial charge in [-0.25, -0.2) is 4.79 Å². The third kappa shape index (κ3) is 4.85. The highest BCUT2D eigenvalue weighted by Gasteiger charge is 2.24. The second-order valence-corrected chi connectivity index (χ2v) is 4.63. The predicted molar refractivity (Wildman–Crippen MR) is 70.2 cm³/mol. The van der Waals surface area contributed by atoms with E-state index in [4.69, 9.17) is 0 Å². The summed E-state index contributed by atoms with van der Waals surface area (Å²) in [4.78, 5) is 25.0. The summed E-state index contributed by atoms with van der Waals surface area (Å²) in [6.45, 7) is 9.88. The lowest BCUT2D eigenvalue weighted by atomic mass is 10.1. The number of hydrogen-bond donors (Lipinski definition) is 3. The van der Waals surface area contributed by atoms with Gasteiger partial charge in [-0.15, -0.1) is 6.58 Å². The van der Waals surface area contributed by atoms with E-state index >= 15 is 0 Å². The van der Waals surface area contributed by atoms with Gasteiger partial charge in [-0.3, -0.25) is 15.0 Å². The van der Waals surface area contributed by atoms with Crippen LogP contribution in [0.25, 0.3) is 0 Å². The molecule has 6 heteroatoms. The molecule has 1 aliphatic rings. The molecular formula is C12H22N4O2. The van der Waals surface area contributed by atoms with Crippen LogP contribution in [0.4, 0.5) is 4.79 Å². The monoisotopic (exact) mass is 254 g/mol. The average molecular weight is 254 g/mol. The van der Waals surface area contributed by atoms with Crippen molar-refractivity contribution in [2.45, 2.75) is 25.9 Å². The number of urea groups is 1. The molecule has 0 aromatic rings. The van der Waals surface area contributed by atoms with E-state index in [1.54, 1.807) is 6.08 Å². The fourth-order valence-electron chi connectivity index (χ4n) is 1.88. The quantitative estimate of drug-likeness (QED) is 0.601. The summed E-state index contributed by atoms with van der Waals surface area (Å²) in [5.41, 5.74) is 0. The van der Waals surface area contributed by atoms with Crippen molar-refractivity contribution in [2.75, 3.05) is 26.2 Å². The molecular weight excluding hydrogens is 232 g/mol. The van der Waals surface area contributed by atoms with Crippen LogP contribution in [0.3, 0.4) is 0 Å². The van der Waals surface area contributed by atoms with E-state index in [1.165, 1.54) is 0 Å². The molecule has 2 atom stereocenters. The van der Waals surface area contributed by atoms with Crippen LogP contribution in [-0.4, -0.2) is 55.1 Å². The number of amides is 3. The third-order valence-corrected chi connectivity index (χ3v) is 2.90. The van der Waals surface area contributed by atoms with Crippen molar-refractivity contribution in [2.24, 2.45) is 0 Å². The zero-order valence-corrected chi connectivity index (χ0v) is 11.0. The summed E-state index contributed by atoms with van der Waals surface area (Å²) in [6, 6.07) is 0.183. The molecule has 1 heterocycles. The minimum absolute atomic E-state index is 0.245. The lowest BCUT2D eigenvalue weighted by Crippen LogP contribution is -2.57. The number of piperazine rings is 1. The second-order valence-electron chi connectivity index (χ2n) is 4.63. The van der Waals surface area contributed by atoms with Crippen molar-refractivity contribution in [3.63, 3.8) is 0 Å². The van der Waals surface area contributed by atoms with Gasteiger partial charge in [-0.1, -0.05) is 6.08 Å². The van der Waals surface area contributed by atoms with Gasteiger partial charge in [-0.05, 0) is 13.8 Å². The summed E-state index contributed by atoms with van der Waals surface area (Å²) in [5.74, 6) is -0.280. The molecule has 1 rings (SSSR count). The largest absolute Gasteiger partial charge is 0.334 e. The molecule has 1 fully saturated rings. The van der Waals surface area contributed by atoms with Crippen LogP contribution >= 0.6 is 0 Å². The van der Waals surface area contributed by atoms with E-state index in [9.17, 15) is 9.59 Å². The summed E-state index contributed by atoms with van der Waals surface area (Å²) in [7, 11) is 0. The number of carbonyl (C=O) groups is 2. The maximum Gasteiger partial charge on any atom is 0.321 e. The van der Waals surface area contributed by atoms with Crippen molar-refractivity contribution < 1.29 is 9.59 Å². The Balaban J connectivity index is 2.34. The molecule has 3 amide bonds. The van der Waals surface area contributed by atoms with Gasteiger partial charge in [0.2, 0.25) is 5.91 Å². The summed E-state index contributed by atoms with van der Waals surface area (Å²) in [5, 5.41) is 8.14. The molecule has 3 N–H and O–H groups in total. The van der Waals surface area contributed by atoms with Crippen LogP contribution in [0.2, 0.25) is 0 Å². The zero-order chi connectivity index (χ0) is 13.5. The van der Waals surface area contributed by atoms with E-state index in [0.717, 1.165) is 13.1 Å². The first kappa shape index (κ1) is 14.7. The van der Waals surface area contributed by atoms with Gasteiger partial charge in [0.15, 0.2) is 0 Å². The lowest BCUT2D eigenvalue weighted by Gasteiger charge is -2.36. The summed E-state index contributed by atoms with van der Waals surface area (Å²) in [6.07, 6.45) is 1.56. The average Bonchev–Trinajstić information content (AvgIpc) is 2.31. The Hall–Kier alpha value is -1.40. The van der Waals surface area contributed by atoms with Crippen LogP contribution in [0.1, 0.15) is 13.8 Å². The third-order valence-electron chi connectivity index (χ3n) is 2.90. The van der Waals surface area contributed by atoms with Gasteiger partial charge in [-0.2, -0.15) is 0 Å². The Bertz CT molecular complexity index is 319. The van der Waals surface area contributed by atoms with Gasteiger partial charge in [0.25, 0.3) is 0 Å². The number of carbonyl (C=O) groups excluding carboxylic acids is 2. The van der Waals surface area contributed by atoms with Crippen LogP contribution in [0.15, 0.2) is 12.7 Å². The summed E-state index contributed by atoms with van der Waals surface area (Å²) < 4.78 is 0. The van der Waals surface area contributed by atoms with Crippen LogP contribution in [0, 0.1) is 0 Å². The van der Waals surface area contributed by atoms with E-state index < -0.39 is 6.03 Å². The van der Waals surface area contributed by atoms with Crippen molar-refractivity contribution in [1.29, 1.82) is 0 Å². The fraction of sp³-hybridized carbons (Fsp3) is 0.667. The molecule has 0 aromatic carbocycles. The summed E-state index contributed by atoms with van der Waals surface area (Å²) >= 11 is 0. The van der Waals surface area contributed by atoms with Crippen LogP contribution in [0.5, 0.6) is 0 Å². The van der Waals surface area contributed by atoms with Crippen molar-refractivity contribution in [3.8, 4) is 0 Å². The van der Waals surface area contributed by atoms with E-state index in [0.29, 0.717) is 18.6 Å². The molecule has 0 aromatic heterocycles. The van der Waals surface area contributed by atoms with Gasteiger partial charge >= 0.3 is 6.03 Å². The molecule has 0 aliphatic carbocycles. The molecule has 1 aliphatic heterocycles. The van der Waals surface area contributed by atoms with Crippen molar-refractivity contribution in [1.82, 2.24) is 20.9 Å². The normalized spacial score (nSPS) is 24.3. The Morgan fingerprint density at radius 2 is 2.22 bits per heavy atom. The molecule has 6 nitrogen and oxygen atoms in total. The predicted octanol–water partition coefficient (Wildman–Crippen LogP) is -0.320. The minimum atomic E-state index is -0.476. The van der Waals surface area contributed by atoms with E-state index in [1.807, 2.05) is 0 Å². The van der Waals surface area contributed by atoms with Gasteiger partial charge < -0.3 is 10.6 Å². The Labute approximate surface area is 108 Å². The molecule has 0 saturated carbocycles. The highest BCUT2D eigenvalue weighted by Crippen LogP contribution is 2.05. The first-order chi connectivity index (χ1) is 8.52. The fourth-order valence-corrected chi connectivity index (χ4v) is 1.88. The number of nitrogens with one attached hydrogen (secondary N) is 3. The van der Waals surface area contributed by atoms with Crippen molar-refractivity contribution in [3.05, 3.63) is 12.7 Å². The maximum absolute atomic E-state index is 11.7. The molecule has 1 saturated heterocycles. The minimum Gasteiger partial charge on any atom is -0.334 e. The Kier molecular flexibility index (Phi) is 5.80. The van der Waals surface area contributed by atoms with E-state index in [-0.39, 0.29) is 12.5 Å². The van der Waals surface area contributed by atoms with Crippen LogP contribution in [-0.2, 0) is 4.79 Å². The molecule has 2 unspecified atom stereocenters. The Morgan fingerprint density at radius 1 is 1.50 bits per heavy atom. The molecule has 18 heavy (non-hydrogen) atoms. The van der Waals surface area contributed by atoms with Gasteiger partial charge in [0.1, 0.15) is 0 Å². The molecule has 0 bridgehead atoms. The SMILES string of the molecule is C=CCNC(=O)NC(=O)CN1CC(C)NCC1C. The number of rotatable bonds is 4.